The Morgan fingerprint density at radius 3 is 2.29 bits per heavy atom. The number of sulfonamides is 1. The molecule has 0 bridgehead atoms. The molecule has 0 heterocycles. The van der Waals surface area contributed by atoms with Gasteiger partial charge in [0.2, 0.25) is 10.0 Å². The van der Waals surface area contributed by atoms with E-state index >= 15 is 0 Å². The maximum Gasteiger partial charge on any atom is 0.240 e. The number of ether oxygens (including phenoxy) is 1. The minimum absolute atomic E-state index is 0.0580. The van der Waals surface area contributed by atoms with Crippen LogP contribution in [0.4, 0.5) is 0 Å². The van der Waals surface area contributed by atoms with E-state index in [-0.39, 0.29) is 16.2 Å². The molecule has 5 nitrogen and oxygen atoms in total. The van der Waals surface area contributed by atoms with Crippen LogP contribution in [0.2, 0.25) is 0 Å². The van der Waals surface area contributed by atoms with Gasteiger partial charge in [0, 0.05) is 13.1 Å². The smallest absolute Gasteiger partial charge is 0.240 e. The topological polar surface area (TPSA) is 81.4 Å². The second-order valence-electron chi connectivity index (χ2n) is 6.23. The second kappa shape index (κ2) is 7.24. The van der Waals surface area contributed by atoms with Crippen LogP contribution in [0.25, 0.3) is 0 Å². The van der Waals surface area contributed by atoms with Gasteiger partial charge in [-0.3, -0.25) is 0 Å². The van der Waals surface area contributed by atoms with Crippen molar-refractivity contribution in [3.8, 4) is 5.75 Å². The number of benzene rings is 1. The van der Waals surface area contributed by atoms with Crippen LogP contribution < -0.4 is 15.2 Å². The largest absolute Gasteiger partial charge is 0.492 e. The van der Waals surface area contributed by atoms with Gasteiger partial charge in [-0.25, -0.2) is 13.1 Å². The van der Waals surface area contributed by atoms with E-state index in [9.17, 15) is 8.42 Å². The molecule has 0 aromatic heterocycles. The standard InChI is InChI=1S/C15H26N2O3S/c1-12(15(2,3)4)11-17-21(18,19)14-7-5-13(6-8-14)20-10-9-16/h5-8,12,17H,9-11,16H2,1-4H3. The molecule has 0 amide bonds. The summed E-state index contributed by atoms with van der Waals surface area (Å²) < 4.78 is 32.4. The number of hydrogen-bond acceptors (Lipinski definition) is 4. The molecule has 0 aliphatic rings. The lowest BCUT2D eigenvalue weighted by Gasteiger charge is -2.27. The lowest BCUT2D eigenvalue weighted by molar-refractivity contribution is 0.263. The fourth-order valence-electron chi connectivity index (χ4n) is 1.52. The Balaban J connectivity index is 2.70. The normalized spacial score (nSPS) is 14.0. The van der Waals surface area contributed by atoms with E-state index in [1.54, 1.807) is 12.1 Å². The first-order valence-corrected chi connectivity index (χ1v) is 8.57. The zero-order valence-electron chi connectivity index (χ0n) is 13.2. The average molecular weight is 314 g/mol. The van der Waals surface area contributed by atoms with Crippen LogP contribution in [0.1, 0.15) is 27.7 Å². The number of hydrogen-bond donors (Lipinski definition) is 2. The van der Waals surface area contributed by atoms with E-state index in [4.69, 9.17) is 10.5 Å². The van der Waals surface area contributed by atoms with Gasteiger partial charge in [-0.2, -0.15) is 0 Å². The van der Waals surface area contributed by atoms with E-state index in [1.165, 1.54) is 12.1 Å². The van der Waals surface area contributed by atoms with Gasteiger partial charge in [-0.15, -0.1) is 0 Å². The number of rotatable bonds is 7. The quantitative estimate of drug-likeness (QED) is 0.806. The molecule has 0 aliphatic heterocycles. The molecular formula is C15H26N2O3S. The highest BCUT2D eigenvalue weighted by atomic mass is 32.2. The maximum atomic E-state index is 12.2. The Bertz CT molecular complexity index is 533. The van der Waals surface area contributed by atoms with E-state index in [2.05, 4.69) is 25.5 Å². The summed E-state index contributed by atoms with van der Waals surface area (Å²) in [5.41, 5.74) is 5.41. The number of nitrogens with two attached hydrogens (primary N) is 1. The zero-order valence-corrected chi connectivity index (χ0v) is 14.0. The molecule has 0 fully saturated rings. The summed E-state index contributed by atoms with van der Waals surface area (Å²) in [6.45, 7) is 9.56. The first-order valence-electron chi connectivity index (χ1n) is 7.09. The third-order valence-corrected chi connectivity index (χ3v) is 5.02. The molecule has 0 saturated carbocycles. The Labute approximate surface area is 127 Å². The minimum Gasteiger partial charge on any atom is -0.492 e. The maximum absolute atomic E-state index is 12.2. The van der Waals surface area contributed by atoms with Gasteiger partial charge in [0.05, 0.1) is 4.90 Å². The Morgan fingerprint density at radius 1 is 1.24 bits per heavy atom. The predicted molar refractivity (Wildman–Crippen MR) is 84.8 cm³/mol. The molecule has 21 heavy (non-hydrogen) atoms. The summed E-state index contributed by atoms with van der Waals surface area (Å²) in [5, 5.41) is 0. The van der Waals surface area contributed by atoms with Gasteiger partial charge >= 0.3 is 0 Å². The molecule has 1 unspecified atom stereocenters. The summed E-state index contributed by atoms with van der Waals surface area (Å²) in [5.74, 6) is 0.849. The third kappa shape index (κ3) is 5.65. The van der Waals surface area contributed by atoms with Crippen LogP contribution in [-0.2, 0) is 10.0 Å². The highest BCUT2D eigenvalue weighted by Gasteiger charge is 2.22. The van der Waals surface area contributed by atoms with Gasteiger partial charge in [0.25, 0.3) is 0 Å². The molecule has 0 saturated heterocycles. The minimum atomic E-state index is -3.48. The SMILES string of the molecule is CC(CNS(=O)(=O)c1ccc(OCCN)cc1)C(C)(C)C. The van der Waals surface area contributed by atoms with Crippen molar-refractivity contribution in [2.75, 3.05) is 19.7 Å². The Hall–Kier alpha value is -1.11. The summed E-state index contributed by atoms with van der Waals surface area (Å²) in [4.78, 5) is 0.240. The van der Waals surface area contributed by atoms with Crippen molar-refractivity contribution < 1.29 is 13.2 Å². The third-order valence-electron chi connectivity index (χ3n) is 3.58. The van der Waals surface area contributed by atoms with Gasteiger partial charge in [-0.1, -0.05) is 27.7 Å². The second-order valence-corrected chi connectivity index (χ2v) is 7.99. The molecule has 0 aliphatic carbocycles. The van der Waals surface area contributed by atoms with Crippen LogP contribution in [-0.4, -0.2) is 28.1 Å². The fraction of sp³-hybridized carbons (Fsp3) is 0.600. The van der Waals surface area contributed by atoms with Gasteiger partial charge < -0.3 is 10.5 Å². The van der Waals surface area contributed by atoms with Crippen molar-refractivity contribution in [1.82, 2.24) is 4.72 Å². The van der Waals surface area contributed by atoms with E-state index in [0.29, 0.717) is 25.4 Å². The summed E-state index contributed by atoms with van der Waals surface area (Å²) in [7, 11) is -3.48. The number of nitrogens with one attached hydrogen (secondary N) is 1. The molecule has 120 valence electrons. The van der Waals surface area contributed by atoms with Crippen LogP contribution in [0.3, 0.4) is 0 Å². The summed E-state index contributed by atoms with van der Waals surface area (Å²) in [6, 6.07) is 6.35. The lowest BCUT2D eigenvalue weighted by atomic mass is 9.82. The highest BCUT2D eigenvalue weighted by molar-refractivity contribution is 7.89. The predicted octanol–water partition coefficient (Wildman–Crippen LogP) is 1.98. The van der Waals surface area contributed by atoms with Gasteiger partial charge in [0.15, 0.2) is 0 Å². The van der Waals surface area contributed by atoms with Gasteiger partial charge in [0.1, 0.15) is 12.4 Å². The zero-order chi connectivity index (χ0) is 16.1. The molecule has 0 radical (unpaired) electrons. The van der Waals surface area contributed by atoms with Crippen molar-refractivity contribution >= 4 is 10.0 Å². The Morgan fingerprint density at radius 2 is 1.81 bits per heavy atom. The Kier molecular flexibility index (Phi) is 6.19. The first-order chi connectivity index (χ1) is 9.66. The molecule has 1 atom stereocenters. The first kappa shape index (κ1) is 17.9. The molecule has 6 heteroatoms. The van der Waals surface area contributed by atoms with E-state index in [0.717, 1.165) is 0 Å². The van der Waals surface area contributed by atoms with Crippen molar-refractivity contribution in [2.24, 2.45) is 17.1 Å². The molecular weight excluding hydrogens is 288 g/mol. The van der Waals surface area contributed by atoms with Crippen LogP contribution in [0, 0.1) is 11.3 Å². The fourth-order valence-corrected chi connectivity index (χ4v) is 2.65. The lowest BCUT2D eigenvalue weighted by Crippen LogP contribution is -2.33. The molecule has 3 N–H and O–H groups in total. The van der Waals surface area contributed by atoms with Crippen molar-refractivity contribution in [2.45, 2.75) is 32.6 Å². The average Bonchev–Trinajstić information content (AvgIpc) is 2.42. The van der Waals surface area contributed by atoms with Crippen molar-refractivity contribution in [3.05, 3.63) is 24.3 Å². The monoisotopic (exact) mass is 314 g/mol. The molecule has 1 aromatic carbocycles. The van der Waals surface area contributed by atoms with Crippen LogP contribution >= 0.6 is 0 Å². The highest BCUT2D eigenvalue weighted by Crippen LogP contribution is 2.25. The van der Waals surface area contributed by atoms with Crippen LogP contribution in [0.15, 0.2) is 29.2 Å². The summed E-state index contributed by atoms with van der Waals surface area (Å²) in [6.07, 6.45) is 0. The van der Waals surface area contributed by atoms with E-state index < -0.39 is 10.0 Å². The molecule has 1 rings (SSSR count). The van der Waals surface area contributed by atoms with Crippen molar-refractivity contribution in [1.29, 1.82) is 0 Å². The molecule has 1 aromatic rings. The molecule has 0 spiro atoms. The summed E-state index contributed by atoms with van der Waals surface area (Å²) >= 11 is 0. The van der Waals surface area contributed by atoms with Crippen molar-refractivity contribution in [3.63, 3.8) is 0 Å². The van der Waals surface area contributed by atoms with Crippen LogP contribution in [0.5, 0.6) is 5.75 Å². The van der Waals surface area contributed by atoms with E-state index in [1.807, 2.05) is 6.92 Å². The van der Waals surface area contributed by atoms with Gasteiger partial charge in [-0.05, 0) is 35.6 Å².